The van der Waals surface area contributed by atoms with Crippen molar-refractivity contribution in [3.8, 4) is 11.5 Å². The summed E-state index contributed by atoms with van der Waals surface area (Å²) in [6.07, 6.45) is 3.16. The SMILES string of the molecule is O=C(COc1cccnc1)NC(=S)Nc1cccc(OCc2ccccc2)c1. The van der Waals surface area contributed by atoms with E-state index < -0.39 is 0 Å². The summed E-state index contributed by atoms with van der Waals surface area (Å²) in [6, 6.07) is 20.7. The second-order valence-electron chi connectivity index (χ2n) is 5.78. The van der Waals surface area contributed by atoms with E-state index >= 15 is 0 Å². The van der Waals surface area contributed by atoms with Gasteiger partial charge in [0, 0.05) is 18.0 Å². The molecule has 6 nitrogen and oxygen atoms in total. The van der Waals surface area contributed by atoms with Crippen LogP contribution in [0.15, 0.2) is 79.1 Å². The molecule has 0 atom stereocenters. The quantitative estimate of drug-likeness (QED) is 0.598. The molecule has 0 aliphatic heterocycles. The van der Waals surface area contributed by atoms with Gasteiger partial charge in [0.15, 0.2) is 11.7 Å². The first-order valence-electron chi connectivity index (χ1n) is 8.59. The third-order valence-corrected chi connectivity index (χ3v) is 3.80. The summed E-state index contributed by atoms with van der Waals surface area (Å²) < 4.78 is 11.1. The zero-order valence-corrected chi connectivity index (χ0v) is 15.8. The van der Waals surface area contributed by atoms with Crippen LogP contribution in [0.5, 0.6) is 11.5 Å². The maximum absolute atomic E-state index is 11.9. The van der Waals surface area contributed by atoms with E-state index in [0.717, 1.165) is 5.56 Å². The number of carbonyl (C=O) groups excluding carboxylic acids is 1. The highest BCUT2D eigenvalue weighted by atomic mass is 32.1. The van der Waals surface area contributed by atoms with Gasteiger partial charge in [-0.1, -0.05) is 36.4 Å². The number of aromatic nitrogens is 1. The van der Waals surface area contributed by atoms with Crippen LogP contribution in [-0.4, -0.2) is 22.6 Å². The molecule has 2 aromatic carbocycles. The van der Waals surface area contributed by atoms with Gasteiger partial charge in [0.25, 0.3) is 5.91 Å². The number of ether oxygens (including phenoxy) is 2. The van der Waals surface area contributed by atoms with Crippen LogP contribution in [0, 0.1) is 0 Å². The summed E-state index contributed by atoms with van der Waals surface area (Å²) in [6.45, 7) is 0.310. The summed E-state index contributed by atoms with van der Waals surface area (Å²) in [5, 5.41) is 5.71. The molecule has 0 spiro atoms. The number of nitrogens with zero attached hydrogens (tertiary/aromatic N) is 1. The predicted octanol–water partition coefficient (Wildman–Crippen LogP) is 3.55. The first-order valence-corrected chi connectivity index (χ1v) is 9.00. The minimum absolute atomic E-state index is 0.159. The van der Waals surface area contributed by atoms with Gasteiger partial charge in [-0.15, -0.1) is 0 Å². The maximum Gasteiger partial charge on any atom is 0.264 e. The number of rotatable bonds is 7. The molecule has 0 radical (unpaired) electrons. The van der Waals surface area contributed by atoms with Gasteiger partial charge in [0.2, 0.25) is 0 Å². The Morgan fingerprint density at radius 3 is 2.57 bits per heavy atom. The highest BCUT2D eigenvalue weighted by Crippen LogP contribution is 2.18. The van der Waals surface area contributed by atoms with Crippen molar-refractivity contribution in [3.63, 3.8) is 0 Å². The van der Waals surface area contributed by atoms with Crippen LogP contribution in [0.25, 0.3) is 0 Å². The van der Waals surface area contributed by atoms with Gasteiger partial charge < -0.3 is 14.8 Å². The van der Waals surface area contributed by atoms with Gasteiger partial charge in [0.05, 0.1) is 6.20 Å². The molecule has 7 heteroatoms. The van der Waals surface area contributed by atoms with E-state index in [4.69, 9.17) is 21.7 Å². The molecular formula is C21H19N3O3S. The van der Waals surface area contributed by atoms with Crippen molar-refractivity contribution in [1.82, 2.24) is 10.3 Å². The van der Waals surface area contributed by atoms with Crippen molar-refractivity contribution in [2.45, 2.75) is 6.61 Å². The Morgan fingerprint density at radius 1 is 0.964 bits per heavy atom. The van der Waals surface area contributed by atoms with Crippen molar-refractivity contribution in [2.24, 2.45) is 0 Å². The fourth-order valence-corrected chi connectivity index (χ4v) is 2.54. The zero-order chi connectivity index (χ0) is 19.6. The molecule has 3 rings (SSSR count). The molecule has 0 aliphatic rings. The predicted molar refractivity (Wildman–Crippen MR) is 111 cm³/mol. The van der Waals surface area contributed by atoms with Crippen LogP contribution in [0.2, 0.25) is 0 Å². The van der Waals surface area contributed by atoms with Crippen LogP contribution in [0.1, 0.15) is 5.56 Å². The largest absolute Gasteiger partial charge is 0.489 e. The second kappa shape index (κ2) is 10.0. The van der Waals surface area contributed by atoms with Crippen LogP contribution >= 0.6 is 12.2 Å². The van der Waals surface area contributed by atoms with Crippen molar-refractivity contribution >= 4 is 28.9 Å². The molecular weight excluding hydrogens is 374 g/mol. The standard InChI is InChI=1S/C21H19N3O3S/c25-20(15-27-19-10-5-11-22-13-19)24-21(28)23-17-8-4-9-18(12-17)26-14-16-6-2-1-3-7-16/h1-13H,14-15H2,(H2,23,24,25,28). The molecule has 0 unspecified atom stereocenters. The van der Waals surface area contributed by atoms with E-state index in [2.05, 4.69) is 15.6 Å². The van der Waals surface area contributed by atoms with Crippen LogP contribution in [0.3, 0.4) is 0 Å². The van der Waals surface area contributed by atoms with Gasteiger partial charge in [-0.05, 0) is 42.0 Å². The Bertz CT molecular complexity index is 920. The number of benzene rings is 2. The molecule has 0 saturated heterocycles. The van der Waals surface area contributed by atoms with Crippen LogP contribution < -0.4 is 20.1 Å². The summed E-state index contributed by atoms with van der Waals surface area (Å²) in [4.78, 5) is 15.8. The maximum atomic E-state index is 11.9. The van der Waals surface area contributed by atoms with E-state index in [0.29, 0.717) is 23.8 Å². The summed E-state index contributed by atoms with van der Waals surface area (Å²) in [5.74, 6) is 0.848. The summed E-state index contributed by atoms with van der Waals surface area (Å²) in [7, 11) is 0. The lowest BCUT2D eigenvalue weighted by molar-refractivity contribution is -0.121. The topological polar surface area (TPSA) is 72.5 Å². The van der Waals surface area contributed by atoms with Gasteiger partial charge in [-0.25, -0.2) is 0 Å². The summed E-state index contributed by atoms with van der Waals surface area (Å²) in [5.41, 5.74) is 1.79. The van der Waals surface area contributed by atoms with Crippen molar-refractivity contribution in [3.05, 3.63) is 84.7 Å². The Kier molecular flexibility index (Phi) is 6.92. The molecule has 0 aliphatic carbocycles. The molecule has 1 aromatic heterocycles. The number of carbonyl (C=O) groups is 1. The van der Waals surface area contributed by atoms with Gasteiger partial charge in [-0.2, -0.15) is 0 Å². The van der Waals surface area contributed by atoms with Crippen LogP contribution in [-0.2, 0) is 11.4 Å². The van der Waals surface area contributed by atoms with Crippen LogP contribution in [0.4, 0.5) is 5.69 Å². The number of hydrogen-bond donors (Lipinski definition) is 2. The summed E-state index contributed by atoms with van der Waals surface area (Å²) >= 11 is 5.18. The number of thiocarbonyl (C=S) groups is 1. The first-order chi connectivity index (χ1) is 13.7. The third kappa shape index (κ3) is 6.37. The molecule has 28 heavy (non-hydrogen) atoms. The Labute approximate surface area is 168 Å². The lowest BCUT2D eigenvalue weighted by atomic mass is 10.2. The lowest BCUT2D eigenvalue weighted by Gasteiger charge is -2.12. The fraction of sp³-hybridized carbons (Fsp3) is 0.0952. The Morgan fingerprint density at radius 2 is 1.79 bits per heavy atom. The molecule has 0 saturated carbocycles. The number of nitrogens with one attached hydrogen (secondary N) is 2. The highest BCUT2D eigenvalue weighted by Gasteiger charge is 2.07. The number of amides is 1. The van der Waals surface area contributed by atoms with Crippen molar-refractivity contribution in [1.29, 1.82) is 0 Å². The molecule has 142 valence electrons. The van der Waals surface area contributed by atoms with E-state index in [-0.39, 0.29) is 17.6 Å². The third-order valence-electron chi connectivity index (χ3n) is 3.60. The molecule has 1 heterocycles. The van der Waals surface area contributed by atoms with E-state index in [1.807, 2.05) is 54.6 Å². The van der Waals surface area contributed by atoms with Crippen molar-refractivity contribution < 1.29 is 14.3 Å². The zero-order valence-electron chi connectivity index (χ0n) is 15.0. The highest BCUT2D eigenvalue weighted by molar-refractivity contribution is 7.80. The smallest absolute Gasteiger partial charge is 0.264 e. The normalized spacial score (nSPS) is 10.0. The Balaban J connectivity index is 1.46. The fourth-order valence-electron chi connectivity index (χ4n) is 2.31. The number of pyridine rings is 1. The number of anilines is 1. The Hall–Kier alpha value is -3.45. The van der Waals surface area contributed by atoms with Gasteiger partial charge in [-0.3, -0.25) is 15.1 Å². The first kappa shape index (κ1) is 19.3. The molecule has 3 aromatic rings. The lowest BCUT2D eigenvalue weighted by Crippen LogP contribution is -2.37. The van der Waals surface area contributed by atoms with E-state index in [1.54, 1.807) is 18.3 Å². The minimum Gasteiger partial charge on any atom is -0.489 e. The number of hydrogen-bond acceptors (Lipinski definition) is 5. The van der Waals surface area contributed by atoms with Gasteiger partial charge >= 0.3 is 0 Å². The minimum atomic E-state index is -0.363. The monoisotopic (exact) mass is 393 g/mol. The second-order valence-corrected chi connectivity index (χ2v) is 6.19. The van der Waals surface area contributed by atoms with Crippen molar-refractivity contribution in [2.75, 3.05) is 11.9 Å². The molecule has 0 fully saturated rings. The van der Waals surface area contributed by atoms with E-state index in [9.17, 15) is 4.79 Å². The average Bonchev–Trinajstić information content (AvgIpc) is 2.72. The molecule has 0 bridgehead atoms. The van der Waals surface area contributed by atoms with Gasteiger partial charge in [0.1, 0.15) is 18.1 Å². The molecule has 2 N–H and O–H groups in total. The average molecular weight is 393 g/mol. The van der Waals surface area contributed by atoms with E-state index in [1.165, 1.54) is 6.20 Å². The molecule has 1 amide bonds.